The number of rotatable bonds is 6. The van der Waals surface area contributed by atoms with E-state index in [0.29, 0.717) is 7.25 Å². The van der Waals surface area contributed by atoms with E-state index in [4.69, 9.17) is 0 Å². The van der Waals surface area contributed by atoms with E-state index in [2.05, 4.69) is 175 Å². The topological polar surface area (TPSA) is 0 Å². The molecule has 0 N–H and O–H groups in total. The summed E-state index contributed by atoms with van der Waals surface area (Å²) in [6.45, 7) is 33.6. The predicted molar refractivity (Wildman–Crippen MR) is 241 cm³/mol. The first-order valence-electron chi connectivity index (χ1n) is 21.5. The van der Waals surface area contributed by atoms with E-state index in [-0.39, 0.29) is 21.7 Å². The quantitative estimate of drug-likeness (QED) is 0.170. The van der Waals surface area contributed by atoms with Crippen LogP contribution >= 0.6 is 0 Å². The molecule has 4 aromatic carbocycles. The van der Waals surface area contributed by atoms with E-state index < -0.39 is 23.2 Å². The average molecular weight is 820 g/mol. The standard InChI is InChI=1S/2C26H31.C3H6.Zr/c2*1-25(2,3)21-13-20(14-22(16-21)26(4,5)6)23-9-7-8-18-12-19(15-24(18)23)17-10-11-17;1-3-2;/h2*7-9,12-17H,10-11H2,1-6H3;3H,1H2,2H3;. The average Bonchev–Trinajstić information content (AvgIpc) is 4.06. The second-order valence-electron chi connectivity index (χ2n) is 21.5. The van der Waals surface area contributed by atoms with Crippen LogP contribution in [0, 0.1) is 11.8 Å². The predicted octanol–water partition coefficient (Wildman–Crippen LogP) is 15.9. The second-order valence-corrected chi connectivity index (χ2v) is 25.2. The second kappa shape index (κ2) is 15.0. The van der Waals surface area contributed by atoms with Crippen molar-refractivity contribution in [3.05, 3.63) is 141 Å². The zero-order chi connectivity index (χ0) is 40.5. The molecule has 0 aliphatic heterocycles. The van der Waals surface area contributed by atoms with Gasteiger partial charge in [0.05, 0.1) is 0 Å². The van der Waals surface area contributed by atoms with Crippen molar-refractivity contribution in [3.8, 4) is 22.3 Å². The number of fused-ring (bicyclic) bond motifs is 2. The third-order valence-corrected chi connectivity index (χ3v) is 17.4. The van der Waals surface area contributed by atoms with E-state index in [1.54, 1.807) is 28.3 Å². The van der Waals surface area contributed by atoms with Crippen LogP contribution in [0.15, 0.2) is 96.6 Å². The van der Waals surface area contributed by atoms with Crippen LogP contribution in [0.2, 0.25) is 0 Å². The summed E-state index contributed by atoms with van der Waals surface area (Å²) < 4.78 is 1.29. The summed E-state index contributed by atoms with van der Waals surface area (Å²) in [5, 5.41) is 0. The molecule has 0 saturated heterocycles. The molecule has 1 heteroatoms. The molecule has 2 unspecified atom stereocenters. The summed E-state index contributed by atoms with van der Waals surface area (Å²) in [6.07, 6.45) is 12.6. The molecule has 56 heavy (non-hydrogen) atoms. The minimum atomic E-state index is -1.00. The van der Waals surface area contributed by atoms with Gasteiger partial charge in [-0.25, -0.2) is 0 Å². The first kappa shape index (κ1) is 41.2. The Morgan fingerprint density at radius 3 is 1.07 bits per heavy atom. The molecule has 0 amide bonds. The monoisotopic (exact) mass is 818 g/mol. The van der Waals surface area contributed by atoms with Gasteiger partial charge < -0.3 is 0 Å². The molecule has 2 saturated carbocycles. The van der Waals surface area contributed by atoms with Gasteiger partial charge in [-0.1, -0.05) is 6.08 Å². The fourth-order valence-corrected chi connectivity index (χ4v) is 14.2. The van der Waals surface area contributed by atoms with Crippen LogP contribution in [0.4, 0.5) is 0 Å². The van der Waals surface area contributed by atoms with E-state index in [9.17, 15) is 0 Å². The van der Waals surface area contributed by atoms with Crippen molar-refractivity contribution in [1.82, 2.24) is 0 Å². The number of hydrogen-bond acceptors (Lipinski definition) is 0. The van der Waals surface area contributed by atoms with Crippen molar-refractivity contribution < 1.29 is 23.2 Å². The van der Waals surface area contributed by atoms with E-state index in [1.165, 1.54) is 81.3 Å². The molecule has 292 valence electrons. The van der Waals surface area contributed by atoms with Crippen molar-refractivity contribution in [2.75, 3.05) is 0 Å². The van der Waals surface area contributed by atoms with Gasteiger partial charge in [0.15, 0.2) is 0 Å². The van der Waals surface area contributed by atoms with Crippen molar-refractivity contribution in [1.29, 1.82) is 0 Å². The molecule has 2 atom stereocenters. The molecule has 8 rings (SSSR count). The normalized spacial score (nSPS) is 19.4. The molecular weight excluding hydrogens is 752 g/mol. The zero-order valence-electron chi connectivity index (χ0n) is 37.0. The fourth-order valence-electron chi connectivity index (χ4n) is 8.73. The van der Waals surface area contributed by atoms with Crippen LogP contribution in [-0.2, 0) is 44.9 Å². The van der Waals surface area contributed by atoms with Gasteiger partial charge >= 0.3 is 336 Å². The third kappa shape index (κ3) is 8.42. The molecule has 4 aliphatic carbocycles. The number of benzene rings is 4. The SMILES string of the molecule is C=CC.CC(C)(C)c1cc(-c2cccc3c2C=C(C2CC2)[CH]3[Zr][CH]2C(C3CC3)=Cc3c(-c4cc(C(C)(C)C)cc(C(C)(C)C)c4)cccc32)cc(C(C)(C)C)c1. The van der Waals surface area contributed by atoms with Crippen molar-refractivity contribution in [3.63, 3.8) is 0 Å². The molecule has 2 fully saturated rings. The van der Waals surface area contributed by atoms with Crippen LogP contribution in [0.1, 0.15) is 167 Å². The molecule has 0 aromatic heterocycles. The summed E-state index contributed by atoms with van der Waals surface area (Å²) >= 11 is -1.00. The molecule has 4 aromatic rings. The molecule has 4 aliphatic rings. The van der Waals surface area contributed by atoms with Gasteiger partial charge in [0, 0.05) is 0 Å². The Kier molecular flexibility index (Phi) is 11.0. The van der Waals surface area contributed by atoms with Gasteiger partial charge in [-0.2, -0.15) is 0 Å². The molecule has 0 spiro atoms. The summed E-state index contributed by atoms with van der Waals surface area (Å²) in [7, 11) is 0. The molecule has 0 bridgehead atoms. The van der Waals surface area contributed by atoms with E-state index in [0.717, 1.165) is 11.8 Å². The Hall–Kier alpha value is -3.02. The van der Waals surface area contributed by atoms with E-state index >= 15 is 0 Å². The Bertz CT molecular complexity index is 1980. The molecular formula is C55H68Zr. The molecule has 0 radical (unpaired) electrons. The van der Waals surface area contributed by atoms with Gasteiger partial charge in [0.25, 0.3) is 0 Å². The van der Waals surface area contributed by atoms with Crippen molar-refractivity contribution in [2.24, 2.45) is 11.8 Å². The van der Waals surface area contributed by atoms with Gasteiger partial charge in [0.2, 0.25) is 0 Å². The fraction of sp³-hybridized carbons (Fsp3) is 0.455. The van der Waals surface area contributed by atoms with Crippen molar-refractivity contribution in [2.45, 2.75) is 145 Å². The van der Waals surface area contributed by atoms with Crippen LogP contribution in [0.3, 0.4) is 0 Å². The van der Waals surface area contributed by atoms with Crippen LogP contribution in [-0.4, -0.2) is 0 Å². The zero-order valence-corrected chi connectivity index (χ0v) is 39.5. The van der Waals surface area contributed by atoms with Gasteiger partial charge in [0.1, 0.15) is 0 Å². The Labute approximate surface area is 353 Å². The summed E-state index contributed by atoms with van der Waals surface area (Å²) in [6, 6.07) is 29.6. The van der Waals surface area contributed by atoms with E-state index in [1.807, 2.05) is 6.92 Å². The molecule has 0 heterocycles. The number of allylic oxidation sites excluding steroid dienone is 3. The Morgan fingerprint density at radius 2 is 0.804 bits per heavy atom. The first-order valence-corrected chi connectivity index (χ1v) is 24.4. The maximum atomic E-state index is 3.36. The number of hydrogen-bond donors (Lipinski definition) is 0. The van der Waals surface area contributed by atoms with Crippen molar-refractivity contribution >= 4 is 12.2 Å². The minimum absolute atomic E-state index is 0.0998. The van der Waals surface area contributed by atoms with Crippen LogP contribution in [0.5, 0.6) is 0 Å². The summed E-state index contributed by atoms with van der Waals surface area (Å²) in [5.41, 5.74) is 21.8. The Morgan fingerprint density at radius 1 is 0.500 bits per heavy atom. The molecule has 0 nitrogen and oxygen atoms in total. The van der Waals surface area contributed by atoms with Crippen LogP contribution < -0.4 is 0 Å². The summed E-state index contributed by atoms with van der Waals surface area (Å²) in [4.78, 5) is 0. The van der Waals surface area contributed by atoms with Crippen LogP contribution in [0.25, 0.3) is 34.4 Å². The first-order chi connectivity index (χ1) is 26.2. The van der Waals surface area contributed by atoms with Gasteiger partial charge in [-0.3, -0.25) is 0 Å². The third-order valence-electron chi connectivity index (χ3n) is 12.6. The maximum absolute atomic E-state index is 3.36. The Balaban J connectivity index is 0.00000155. The van der Waals surface area contributed by atoms with Gasteiger partial charge in [-0.15, -0.1) is 6.58 Å². The summed E-state index contributed by atoms with van der Waals surface area (Å²) in [5.74, 6) is 1.56. The van der Waals surface area contributed by atoms with Gasteiger partial charge in [-0.05, 0) is 6.92 Å².